The maximum absolute atomic E-state index is 12.2. The van der Waals surface area contributed by atoms with Gasteiger partial charge in [-0.25, -0.2) is 0 Å². The van der Waals surface area contributed by atoms with E-state index in [1.807, 2.05) is 29.2 Å². The molecule has 2 aromatic carbocycles. The summed E-state index contributed by atoms with van der Waals surface area (Å²) in [5.74, 6) is 0.834. The molecule has 25 heavy (non-hydrogen) atoms. The summed E-state index contributed by atoms with van der Waals surface area (Å²) in [4.78, 5) is 4.40. The Hall–Kier alpha value is -2.54. The monoisotopic (exact) mass is 359 g/mol. The van der Waals surface area contributed by atoms with E-state index in [9.17, 15) is 8.42 Å². The molecule has 3 rings (SSSR count). The minimum Gasteiger partial charge on any atom is -0.497 e. The van der Waals surface area contributed by atoms with Crippen molar-refractivity contribution in [1.29, 1.82) is 0 Å². The summed E-state index contributed by atoms with van der Waals surface area (Å²) < 4.78 is 33.3. The summed E-state index contributed by atoms with van der Waals surface area (Å²) in [6, 6.07) is 16.2. The van der Waals surface area contributed by atoms with E-state index >= 15 is 0 Å². The first-order valence-corrected chi connectivity index (χ1v) is 9.51. The number of benzene rings is 2. The van der Waals surface area contributed by atoms with Crippen LogP contribution in [0.3, 0.4) is 0 Å². The average Bonchev–Trinajstić information content (AvgIpc) is 2.68. The first kappa shape index (κ1) is 17.3. The van der Waals surface area contributed by atoms with E-state index in [1.54, 1.807) is 37.4 Å². The lowest BCUT2D eigenvalue weighted by atomic mass is 10.2. The third-order valence-electron chi connectivity index (χ3n) is 4.14. The van der Waals surface area contributed by atoms with Crippen molar-refractivity contribution < 1.29 is 13.2 Å². The first-order chi connectivity index (χ1) is 12.1. The number of nitrogens with zero attached hydrogens (tertiary/aromatic N) is 3. The maximum atomic E-state index is 12.2. The number of methoxy groups -OCH3 is 1. The van der Waals surface area contributed by atoms with Gasteiger partial charge in [-0.1, -0.05) is 18.2 Å². The van der Waals surface area contributed by atoms with E-state index in [2.05, 4.69) is 9.30 Å². The van der Waals surface area contributed by atoms with Crippen LogP contribution < -0.4 is 9.64 Å². The molecule has 0 amide bonds. The predicted molar refractivity (Wildman–Crippen MR) is 98.9 cm³/mol. The van der Waals surface area contributed by atoms with Crippen molar-refractivity contribution in [1.82, 2.24) is 4.90 Å². The molecule has 0 N–H and O–H groups in total. The molecule has 0 radical (unpaired) electrons. The van der Waals surface area contributed by atoms with E-state index in [0.717, 1.165) is 37.6 Å². The van der Waals surface area contributed by atoms with Gasteiger partial charge in [0.2, 0.25) is 0 Å². The fourth-order valence-electron chi connectivity index (χ4n) is 2.67. The normalized spacial score (nSPS) is 15.6. The molecule has 0 aromatic heterocycles. The van der Waals surface area contributed by atoms with Gasteiger partial charge < -0.3 is 14.5 Å². The van der Waals surface area contributed by atoms with Gasteiger partial charge in [0.25, 0.3) is 10.0 Å². The van der Waals surface area contributed by atoms with Gasteiger partial charge in [-0.3, -0.25) is 0 Å². The van der Waals surface area contributed by atoms with Crippen LogP contribution in [0, 0.1) is 0 Å². The van der Waals surface area contributed by atoms with Crippen molar-refractivity contribution >= 4 is 22.0 Å². The Balaban J connectivity index is 1.59. The summed E-state index contributed by atoms with van der Waals surface area (Å²) in [5.41, 5.74) is 1.13. The topological polar surface area (TPSA) is 62.2 Å². The van der Waals surface area contributed by atoms with Crippen LogP contribution in [-0.4, -0.2) is 52.9 Å². The van der Waals surface area contributed by atoms with Crippen molar-refractivity contribution in [2.24, 2.45) is 4.40 Å². The van der Waals surface area contributed by atoms with Gasteiger partial charge in [-0.15, -0.1) is 4.40 Å². The van der Waals surface area contributed by atoms with E-state index in [4.69, 9.17) is 4.74 Å². The molecule has 6 nitrogen and oxygen atoms in total. The van der Waals surface area contributed by atoms with Gasteiger partial charge in [0.15, 0.2) is 0 Å². The Bertz CT molecular complexity index is 812. The number of sulfonamides is 1. The van der Waals surface area contributed by atoms with Gasteiger partial charge in [0.05, 0.1) is 12.0 Å². The van der Waals surface area contributed by atoms with Gasteiger partial charge in [-0.2, -0.15) is 8.42 Å². The highest BCUT2D eigenvalue weighted by atomic mass is 32.2. The smallest absolute Gasteiger partial charge is 0.283 e. The lowest BCUT2D eigenvalue weighted by molar-refractivity contribution is 0.395. The molecule has 0 atom stereocenters. The van der Waals surface area contributed by atoms with E-state index in [1.165, 1.54) is 6.34 Å². The molecule has 1 aliphatic rings. The zero-order chi connectivity index (χ0) is 17.7. The lowest BCUT2D eigenvalue weighted by Gasteiger charge is -2.35. The lowest BCUT2D eigenvalue weighted by Crippen LogP contribution is -2.45. The quantitative estimate of drug-likeness (QED) is 0.605. The fourth-order valence-corrected chi connectivity index (χ4v) is 3.55. The Morgan fingerprint density at radius 2 is 1.60 bits per heavy atom. The molecule has 1 aliphatic heterocycles. The van der Waals surface area contributed by atoms with Crippen LogP contribution in [0.2, 0.25) is 0 Å². The van der Waals surface area contributed by atoms with Crippen LogP contribution in [0.5, 0.6) is 5.75 Å². The van der Waals surface area contributed by atoms with Crippen molar-refractivity contribution in [3.8, 4) is 5.75 Å². The van der Waals surface area contributed by atoms with Crippen molar-refractivity contribution in [2.45, 2.75) is 4.90 Å². The molecule has 2 aromatic rings. The molecule has 0 saturated carbocycles. The summed E-state index contributed by atoms with van der Waals surface area (Å²) >= 11 is 0. The maximum Gasteiger partial charge on any atom is 0.283 e. The van der Waals surface area contributed by atoms with Gasteiger partial charge >= 0.3 is 0 Å². The van der Waals surface area contributed by atoms with Crippen LogP contribution in [0.1, 0.15) is 0 Å². The highest BCUT2D eigenvalue weighted by molar-refractivity contribution is 7.90. The standard InChI is InChI=1S/C18H21N3O3S/c1-24-17-9-7-16(8-10-17)21-13-11-20(12-14-21)15-19-25(22,23)18-5-3-2-4-6-18/h2-10,15H,11-14H2,1H3. The van der Waals surface area contributed by atoms with Gasteiger partial charge in [0.1, 0.15) is 12.1 Å². The number of anilines is 1. The van der Waals surface area contributed by atoms with Crippen LogP contribution in [-0.2, 0) is 10.0 Å². The highest BCUT2D eigenvalue weighted by Gasteiger charge is 2.17. The summed E-state index contributed by atoms with van der Waals surface area (Å²) in [5, 5.41) is 0. The second-order valence-corrected chi connectivity index (χ2v) is 7.36. The molecular formula is C18H21N3O3S. The molecular weight excluding hydrogens is 338 g/mol. The van der Waals surface area contributed by atoms with Crippen molar-refractivity contribution in [2.75, 3.05) is 38.2 Å². The molecule has 132 valence electrons. The third kappa shape index (κ3) is 4.30. The summed E-state index contributed by atoms with van der Waals surface area (Å²) in [6.45, 7) is 3.06. The Kier molecular flexibility index (Phi) is 5.23. The summed E-state index contributed by atoms with van der Waals surface area (Å²) in [7, 11) is -1.98. The van der Waals surface area contributed by atoms with E-state index in [-0.39, 0.29) is 4.90 Å². The van der Waals surface area contributed by atoms with Gasteiger partial charge in [0, 0.05) is 31.9 Å². The highest BCUT2D eigenvalue weighted by Crippen LogP contribution is 2.20. The van der Waals surface area contributed by atoms with Gasteiger partial charge in [-0.05, 0) is 36.4 Å². The Labute approximate surface area is 148 Å². The number of piperazine rings is 1. The minimum absolute atomic E-state index is 0.211. The molecule has 1 heterocycles. The van der Waals surface area contributed by atoms with Crippen LogP contribution in [0.4, 0.5) is 5.69 Å². The zero-order valence-electron chi connectivity index (χ0n) is 14.1. The van der Waals surface area contributed by atoms with Crippen molar-refractivity contribution in [3.05, 3.63) is 54.6 Å². The third-order valence-corrected chi connectivity index (χ3v) is 5.38. The van der Waals surface area contributed by atoms with Crippen LogP contribution >= 0.6 is 0 Å². The SMILES string of the molecule is COc1ccc(N2CCN(C=NS(=O)(=O)c3ccccc3)CC2)cc1. The Morgan fingerprint density at radius 3 is 2.20 bits per heavy atom. The first-order valence-electron chi connectivity index (χ1n) is 8.07. The van der Waals surface area contributed by atoms with E-state index < -0.39 is 10.0 Å². The second-order valence-electron chi connectivity index (χ2n) is 5.73. The summed E-state index contributed by atoms with van der Waals surface area (Å²) in [6.07, 6.45) is 1.44. The number of rotatable bonds is 5. The molecule has 7 heteroatoms. The van der Waals surface area contributed by atoms with Crippen molar-refractivity contribution in [3.63, 3.8) is 0 Å². The predicted octanol–water partition coefficient (Wildman–Crippen LogP) is 2.23. The molecule has 1 saturated heterocycles. The molecule has 0 spiro atoms. The Morgan fingerprint density at radius 1 is 0.960 bits per heavy atom. The number of hydrogen-bond donors (Lipinski definition) is 0. The van der Waals surface area contributed by atoms with Crippen LogP contribution in [0.25, 0.3) is 0 Å². The fraction of sp³-hybridized carbons (Fsp3) is 0.278. The largest absolute Gasteiger partial charge is 0.497 e. The molecule has 0 bridgehead atoms. The minimum atomic E-state index is -3.63. The van der Waals surface area contributed by atoms with E-state index in [0.29, 0.717) is 0 Å². The number of hydrogen-bond acceptors (Lipinski definition) is 4. The van der Waals surface area contributed by atoms with Crippen LogP contribution in [0.15, 0.2) is 63.9 Å². The molecule has 0 aliphatic carbocycles. The second kappa shape index (κ2) is 7.57. The zero-order valence-corrected chi connectivity index (χ0v) is 14.9. The number of ether oxygens (including phenoxy) is 1. The molecule has 1 fully saturated rings. The molecule has 0 unspecified atom stereocenters. The average molecular weight is 359 g/mol.